The van der Waals surface area contributed by atoms with E-state index in [1.165, 1.54) is 29.8 Å². The number of hydrogen-bond acceptors (Lipinski definition) is 4. The molecule has 3 aromatic rings. The van der Waals surface area contributed by atoms with Crippen LogP contribution in [0.15, 0.2) is 40.0 Å². The molecule has 0 amide bonds. The minimum atomic E-state index is -1.18. The molecule has 2 aromatic heterocycles. The molecule has 1 aromatic carbocycles. The van der Waals surface area contributed by atoms with Gasteiger partial charge < -0.3 is 14.4 Å². The van der Waals surface area contributed by atoms with Crippen LogP contribution in [0.5, 0.6) is 5.75 Å². The van der Waals surface area contributed by atoms with Crippen molar-refractivity contribution in [3.05, 3.63) is 62.1 Å². The highest BCUT2D eigenvalue weighted by Crippen LogP contribution is 2.45. The number of pyridine rings is 1. The quantitative estimate of drug-likeness (QED) is 0.657. The van der Waals surface area contributed by atoms with Crippen molar-refractivity contribution in [2.75, 3.05) is 6.61 Å². The highest BCUT2D eigenvalue weighted by Gasteiger charge is 2.28. The van der Waals surface area contributed by atoms with Crippen molar-refractivity contribution >= 4 is 17.3 Å². The van der Waals surface area contributed by atoms with Crippen LogP contribution in [0.4, 0.5) is 0 Å². The van der Waals surface area contributed by atoms with Gasteiger partial charge in [-0.2, -0.15) is 11.3 Å². The highest BCUT2D eigenvalue weighted by atomic mass is 32.1. The van der Waals surface area contributed by atoms with Gasteiger partial charge in [0.2, 0.25) is 0 Å². The fourth-order valence-corrected chi connectivity index (χ4v) is 4.63. The third kappa shape index (κ3) is 3.38. The van der Waals surface area contributed by atoms with E-state index in [9.17, 15) is 14.7 Å². The average molecular weight is 410 g/mol. The second-order valence-electron chi connectivity index (χ2n) is 7.26. The van der Waals surface area contributed by atoms with E-state index < -0.39 is 11.4 Å². The normalized spacial score (nSPS) is 13.4. The molecule has 0 bridgehead atoms. The van der Waals surface area contributed by atoms with E-state index in [0.29, 0.717) is 13.2 Å². The maximum Gasteiger partial charge on any atom is 0.341 e. The number of thiophene rings is 1. The van der Waals surface area contributed by atoms with Crippen molar-refractivity contribution in [3.63, 3.8) is 0 Å². The lowest BCUT2D eigenvalue weighted by Crippen LogP contribution is -2.22. The molecule has 2 aliphatic rings. The van der Waals surface area contributed by atoms with Crippen molar-refractivity contribution in [2.45, 2.75) is 39.7 Å². The number of ether oxygens (including phenoxy) is 1. The van der Waals surface area contributed by atoms with Gasteiger partial charge in [-0.05, 0) is 40.4 Å². The van der Waals surface area contributed by atoms with Crippen LogP contribution in [0.25, 0.3) is 22.4 Å². The first-order chi connectivity index (χ1) is 14.0. The first-order valence-electron chi connectivity index (χ1n) is 9.87. The zero-order valence-electron chi connectivity index (χ0n) is 16.5. The number of aromatic carboxylic acids is 1. The Bertz CT molecular complexity index is 1130. The van der Waals surface area contributed by atoms with Gasteiger partial charge in [-0.25, -0.2) is 4.79 Å². The molecule has 1 N–H and O–H groups in total. The molecule has 5 rings (SSSR count). The number of rotatable bonds is 2. The van der Waals surface area contributed by atoms with E-state index in [2.05, 4.69) is 31.4 Å². The summed E-state index contributed by atoms with van der Waals surface area (Å²) in [6.07, 6.45) is 4.39. The van der Waals surface area contributed by atoms with Crippen LogP contribution >= 0.6 is 11.3 Å². The molecular weight excluding hydrogens is 386 g/mol. The molecule has 0 saturated carbocycles. The summed E-state index contributed by atoms with van der Waals surface area (Å²) in [5.41, 5.74) is 5.76. The SMILES string of the molecule is CCC.O=C(O)c1cn2c(cc1=O)-c1cc(-c3ccsc3)c3c(c1CC2)CCO3. The number of fused-ring (bicyclic) bond motifs is 5. The van der Waals surface area contributed by atoms with E-state index in [-0.39, 0.29) is 5.56 Å². The highest BCUT2D eigenvalue weighted by molar-refractivity contribution is 7.08. The molecule has 2 aliphatic heterocycles. The fourth-order valence-electron chi connectivity index (χ4n) is 3.97. The van der Waals surface area contributed by atoms with Crippen molar-refractivity contribution in [2.24, 2.45) is 0 Å². The van der Waals surface area contributed by atoms with Gasteiger partial charge in [0.1, 0.15) is 11.3 Å². The third-order valence-electron chi connectivity index (χ3n) is 5.16. The maximum absolute atomic E-state index is 12.3. The summed E-state index contributed by atoms with van der Waals surface area (Å²) in [5.74, 6) is -0.225. The Labute approximate surface area is 173 Å². The lowest BCUT2D eigenvalue weighted by Gasteiger charge is -2.25. The molecule has 29 heavy (non-hydrogen) atoms. The summed E-state index contributed by atoms with van der Waals surface area (Å²) in [6.45, 7) is 5.58. The van der Waals surface area contributed by atoms with Crippen LogP contribution < -0.4 is 10.2 Å². The zero-order valence-corrected chi connectivity index (χ0v) is 17.3. The monoisotopic (exact) mass is 409 g/mol. The molecule has 0 saturated heterocycles. The molecule has 150 valence electrons. The van der Waals surface area contributed by atoms with Gasteiger partial charge in [-0.3, -0.25) is 4.79 Å². The summed E-state index contributed by atoms with van der Waals surface area (Å²) in [5, 5.41) is 13.4. The Hall–Kier alpha value is -2.86. The fraction of sp³-hybridized carbons (Fsp3) is 0.304. The Balaban J connectivity index is 0.000000645. The predicted molar refractivity (Wildman–Crippen MR) is 115 cm³/mol. The minimum Gasteiger partial charge on any atom is -0.492 e. The zero-order chi connectivity index (χ0) is 20.5. The molecule has 6 heteroatoms. The average Bonchev–Trinajstić information content (AvgIpc) is 3.39. The van der Waals surface area contributed by atoms with E-state index in [1.54, 1.807) is 11.3 Å². The second kappa shape index (κ2) is 7.87. The number of hydrogen-bond donors (Lipinski definition) is 1. The summed E-state index contributed by atoms with van der Waals surface area (Å²) in [4.78, 5) is 23.6. The van der Waals surface area contributed by atoms with E-state index in [0.717, 1.165) is 41.0 Å². The van der Waals surface area contributed by atoms with Gasteiger partial charge in [0.05, 0.1) is 12.3 Å². The lowest BCUT2D eigenvalue weighted by atomic mass is 9.88. The Kier molecular flexibility index (Phi) is 5.28. The molecular formula is C23H23NO4S. The first kappa shape index (κ1) is 19.5. The smallest absolute Gasteiger partial charge is 0.341 e. The van der Waals surface area contributed by atoms with E-state index >= 15 is 0 Å². The van der Waals surface area contributed by atoms with Crippen molar-refractivity contribution in [1.82, 2.24) is 4.57 Å². The van der Waals surface area contributed by atoms with Gasteiger partial charge in [0, 0.05) is 41.9 Å². The molecule has 0 unspecified atom stereocenters. The number of aromatic nitrogens is 1. The molecule has 0 radical (unpaired) electrons. The van der Waals surface area contributed by atoms with Gasteiger partial charge in [-0.15, -0.1) is 0 Å². The molecule has 0 spiro atoms. The third-order valence-corrected chi connectivity index (χ3v) is 5.85. The molecule has 0 fully saturated rings. The van der Waals surface area contributed by atoms with Gasteiger partial charge in [-0.1, -0.05) is 20.3 Å². The number of carboxylic acid groups (broad SMARTS) is 1. The van der Waals surface area contributed by atoms with Crippen molar-refractivity contribution in [1.29, 1.82) is 0 Å². The largest absolute Gasteiger partial charge is 0.492 e. The first-order valence-corrected chi connectivity index (χ1v) is 10.8. The molecule has 5 nitrogen and oxygen atoms in total. The Morgan fingerprint density at radius 2 is 2.00 bits per heavy atom. The molecule has 0 aliphatic carbocycles. The molecule has 0 atom stereocenters. The van der Waals surface area contributed by atoms with Crippen molar-refractivity contribution < 1.29 is 14.6 Å². The number of aryl methyl sites for hydroxylation is 1. The maximum atomic E-state index is 12.3. The summed E-state index contributed by atoms with van der Waals surface area (Å²) in [6, 6.07) is 5.62. The Morgan fingerprint density at radius 3 is 2.69 bits per heavy atom. The molecule has 4 heterocycles. The summed E-state index contributed by atoms with van der Waals surface area (Å²) >= 11 is 1.63. The Morgan fingerprint density at radius 1 is 1.21 bits per heavy atom. The summed E-state index contributed by atoms with van der Waals surface area (Å²) in [7, 11) is 0. The standard InChI is InChI=1S/C20H15NO4S.C3H8/c22-18-8-17-15-7-14(11-3-6-26-10-11)19-13(2-5-25-19)12(15)1-4-21(17)9-16(18)20(23)24;1-3-2/h3,6-10H,1-2,4-5H2,(H,23,24);3H2,1-2H3. The number of benzene rings is 1. The number of carbonyl (C=O) groups is 1. The summed E-state index contributed by atoms with van der Waals surface area (Å²) < 4.78 is 7.82. The van der Waals surface area contributed by atoms with Crippen LogP contribution in [-0.4, -0.2) is 22.2 Å². The van der Waals surface area contributed by atoms with Gasteiger partial charge >= 0.3 is 5.97 Å². The minimum absolute atomic E-state index is 0.181. The number of nitrogens with zero attached hydrogens (tertiary/aromatic N) is 1. The van der Waals surface area contributed by atoms with Crippen LogP contribution in [0.3, 0.4) is 0 Å². The van der Waals surface area contributed by atoms with E-state index in [4.69, 9.17) is 4.74 Å². The number of carboxylic acids is 1. The van der Waals surface area contributed by atoms with Gasteiger partial charge in [0.15, 0.2) is 5.43 Å². The van der Waals surface area contributed by atoms with Crippen molar-refractivity contribution in [3.8, 4) is 28.1 Å². The van der Waals surface area contributed by atoms with Crippen LogP contribution in [-0.2, 0) is 19.4 Å². The lowest BCUT2D eigenvalue weighted by molar-refractivity contribution is 0.0694. The van der Waals surface area contributed by atoms with Gasteiger partial charge in [0.25, 0.3) is 0 Å². The van der Waals surface area contributed by atoms with Crippen LogP contribution in [0.2, 0.25) is 0 Å². The van der Waals surface area contributed by atoms with Crippen LogP contribution in [0.1, 0.15) is 41.8 Å². The second-order valence-corrected chi connectivity index (χ2v) is 8.04. The topological polar surface area (TPSA) is 68.5 Å². The van der Waals surface area contributed by atoms with E-state index in [1.807, 2.05) is 9.95 Å². The predicted octanol–water partition coefficient (Wildman–Crippen LogP) is 4.85. The van der Waals surface area contributed by atoms with Crippen LogP contribution in [0, 0.1) is 0 Å².